The minimum Gasteiger partial charge on any atom is -0.373 e. The third-order valence-corrected chi connectivity index (χ3v) is 3.74. The molecule has 2 N–H and O–H groups in total. The van der Waals surface area contributed by atoms with E-state index in [-0.39, 0.29) is 12.5 Å². The van der Waals surface area contributed by atoms with E-state index in [0.29, 0.717) is 0 Å². The van der Waals surface area contributed by atoms with E-state index in [1.54, 1.807) is 0 Å². The van der Waals surface area contributed by atoms with Crippen LogP contribution >= 0.6 is 15.9 Å². The Morgan fingerprint density at radius 3 is 2.83 bits per heavy atom. The Labute approximate surface area is 116 Å². The monoisotopic (exact) mass is 311 g/mol. The van der Waals surface area contributed by atoms with Crippen LogP contribution in [-0.4, -0.2) is 32.6 Å². The molecule has 0 spiro atoms. The number of amides is 1. The molecule has 0 radical (unpaired) electrons. The van der Waals surface area contributed by atoms with Gasteiger partial charge in [0.1, 0.15) is 0 Å². The van der Waals surface area contributed by atoms with Crippen molar-refractivity contribution in [3.63, 3.8) is 0 Å². The quantitative estimate of drug-likeness (QED) is 0.861. The van der Waals surface area contributed by atoms with Gasteiger partial charge in [-0.2, -0.15) is 0 Å². The molecule has 98 valence electrons. The van der Waals surface area contributed by atoms with E-state index in [4.69, 9.17) is 5.73 Å². The summed E-state index contributed by atoms with van der Waals surface area (Å²) in [5.74, 6) is -0.0167. The van der Waals surface area contributed by atoms with E-state index in [1.165, 1.54) is 0 Å². The van der Waals surface area contributed by atoms with Gasteiger partial charge in [0.05, 0.1) is 17.9 Å². The summed E-state index contributed by atoms with van der Waals surface area (Å²) in [5, 5.41) is 0. The van der Waals surface area contributed by atoms with Crippen LogP contribution in [0.3, 0.4) is 0 Å². The first-order valence-corrected chi connectivity index (χ1v) is 6.85. The highest BCUT2D eigenvalue weighted by Gasteiger charge is 2.24. The molecule has 0 aromatic heterocycles. The molecule has 0 aliphatic carbocycles. The molecule has 0 saturated carbocycles. The molecule has 0 saturated heterocycles. The van der Waals surface area contributed by atoms with E-state index < -0.39 is 0 Å². The van der Waals surface area contributed by atoms with Crippen LogP contribution in [0.2, 0.25) is 0 Å². The Morgan fingerprint density at radius 1 is 1.44 bits per heavy atom. The van der Waals surface area contributed by atoms with Gasteiger partial charge < -0.3 is 15.5 Å². The van der Waals surface area contributed by atoms with Crippen molar-refractivity contribution in [1.29, 1.82) is 0 Å². The van der Waals surface area contributed by atoms with E-state index in [0.717, 1.165) is 40.9 Å². The van der Waals surface area contributed by atoms with E-state index in [1.807, 2.05) is 17.9 Å². The molecule has 0 fully saturated rings. The first kappa shape index (κ1) is 13.4. The van der Waals surface area contributed by atoms with Gasteiger partial charge in [0.2, 0.25) is 5.91 Å². The molecule has 1 aliphatic heterocycles. The summed E-state index contributed by atoms with van der Waals surface area (Å²) in [7, 11) is 2.06. The van der Waals surface area contributed by atoms with Crippen LogP contribution in [0.15, 0.2) is 16.6 Å². The molecule has 1 aromatic carbocycles. The van der Waals surface area contributed by atoms with Crippen molar-refractivity contribution in [3.05, 3.63) is 22.2 Å². The van der Waals surface area contributed by atoms with Gasteiger partial charge in [-0.15, -0.1) is 0 Å². The molecule has 18 heavy (non-hydrogen) atoms. The van der Waals surface area contributed by atoms with Gasteiger partial charge in [0.15, 0.2) is 0 Å². The van der Waals surface area contributed by atoms with Gasteiger partial charge in [0, 0.05) is 24.6 Å². The Morgan fingerprint density at radius 2 is 2.17 bits per heavy atom. The second-order valence-corrected chi connectivity index (χ2v) is 5.53. The molecule has 1 aromatic rings. The van der Waals surface area contributed by atoms with Crippen LogP contribution in [-0.2, 0) is 4.79 Å². The molecule has 1 aliphatic rings. The number of carbonyl (C=O) groups excluding carboxylic acids is 1. The van der Waals surface area contributed by atoms with Gasteiger partial charge in [-0.25, -0.2) is 0 Å². The largest absolute Gasteiger partial charge is 0.373 e. The number of nitrogens with two attached hydrogens (primary N) is 1. The Bertz CT molecular complexity index is 476. The van der Waals surface area contributed by atoms with Crippen molar-refractivity contribution >= 4 is 33.2 Å². The van der Waals surface area contributed by atoms with Crippen molar-refractivity contribution in [2.24, 2.45) is 5.73 Å². The fourth-order valence-corrected chi connectivity index (χ4v) is 2.98. The normalized spacial score (nSPS) is 15.3. The minimum absolute atomic E-state index is 0.0167. The number of carbonyl (C=O) groups is 1. The van der Waals surface area contributed by atoms with Crippen molar-refractivity contribution in [3.8, 4) is 0 Å². The zero-order valence-corrected chi connectivity index (χ0v) is 12.3. The molecular formula is C13H18BrN3O. The number of nitrogens with zero attached hydrogens (tertiary/aromatic N) is 2. The fourth-order valence-electron chi connectivity index (χ4n) is 2.42. The second kappa shape index (κ2) is 5.28. The summed E-state index contributed by atoms with van der Waals surface area (Å²) in [6.45, 7) is 3.76. The molecular weight excluding hydrogens is 294 g/mol. The lowest BCUT2D eigenvalue weighted by molar-refractivity contribution is -0.117. The van der Waals surface area contributed by atoms with Gasteiger partial charge >= 0.3 is 0 Å². The molecule has 0 unspecified atom stereocenters. The highest BCUT2D eigenvalue weighted by atomic mass is 79.9. The molecule has 0 bridgehead atoms. The topological polar surface area (TPSA) is 49.6 Å². The Balaban J connectivity index is 2.58. The summed E-state index contributed by atoms with van der Waals surface area (Å²) in [4.78, 5) is 16.0. The maximum absolute atomic E-state index is 12.0. The van der Waals surface area contributed by atoms with Crippen LogP contribution in [0, 0.1) is 6.92 Å². The van der Waals surface area contributed by atoms with Crippen molar-refractivity contribution in [2.45, 2.75) is 13.3 Å². The van der Waals surface area contributed by atoms with E-state index in [9.17, 15) is 4.79 Å². The number of halogens is 1. The Kier molecular flexibility index (Phi) is 3.92. The smallest absolute Gasteiger partial charge is 0.240 e. The summed E-state index contributed by atoms with van der Waals surface area (Å²) < 4.78 is 1.03. The number of rotatable bonds is 1. The molecule has 0 atom stereocenters. The lowest BCUT2D eigenvalue weighted by atomic mass is 10.1. The first-order chi connectivity index (χ1) is 8.54. The lowest BCUT2D eigenvalue weighted by Gasteiger charge is -2.26. The maximum atomic E-state index is 12.0. The summed E-state index contributed by atoms with van der Waals surface area (Å²) >= 11 is 3.51. The molecule has 4 nitrogen and oxygen atoms in total. The number of aryl methyl sites for hydroxylation is 1. The van der Waals surface area contributed by atoms with Crippen LogP contribution in [0.25, 0.3) is 0 Å². The van der Waals surface area contributed by atoms with Gasteiger partial charge in [-0.05, 0) is 31.0 Å². The van der Waals surface area contributed by atoms with E-state index in [2.05, 4.69) is 33.9 Å². The maximum Gasteiger partial charge on any atom is 0.240 e. The number of fused-ring (bicyclic) bond motifs is 1. The van der Waals surface area contributed by atoms with Gasteiger partial charge in [0.25, 0.3) is 0 Å². The van der Waals surface area contributed by atoms with Gasteiger partial charge in [-0.3, -0.25) is 4.79 Å². The van der Waals surface area contributed by atoms with Crippen molar-refractivity contribution in [2.75, 3.05) is 36.5 Å². The van der Waals surface area contributed by atoms with E-state index >= 15 is 0 Å². The summed E-state index contributed by atoms with van der Waals surface area (Å²) in [6.07, 6.45) is 0.952. The second-order valence-electron chi connectivity index (χ2n) is 4.62. The number of hydrogen-bond acceptors (Lipinski definition) is 3. The molecule has 2 rings (SSSR count). The highest BCUT2D eigenvalue weighted by molar-refractivity contribution is 9.10. The average Bonchev–Trinajstić information content (AvgIpc) is 2.49. The molecule has 1 heterocycles. The predicted molar refractivity (Wildman–Crippen MR) is 78.2 cm³/mol. The van der Waals surface area contributed by atoms with Crippen LogP contribution in [0.4, 0.5) is 11.4 Å². The Hall–Kier alpha value is -1.07. The molecule has 1 amide bonds. The third kappa shape index (κ3) is 2.37. The highest BCUT2D eigenvalue weighted by Crippen LogP contribution is 2.37. The standard InChI is InChI=1S/C13H18BrN3O/c1-9-6-10(14)7-11-13(9)17(12(18)8-15)5-3-4-16(11)2/h6-7H,3-5,8,15H2,1-2H3. The zero-order valence-electron chi connectivity index (χ0n) is 10.7. The van der Waals surface area contributed by atoms with Crippen LogP contribution in [0.1, 0.15) is 12.0 Å². The molecule has 5 heteroatoms. The van der Waals surface area contributed by atoms with Gasteiger partial charge in [-0.1, -0.05) is 15.9 Å². The van der Waals surface area contributed by atoms with Crippen LogP contribution < -0.4 is 15.5 Å². The predicted octanol–water partition coefficient (Wildman–Crippen LogP) is 1.89. The van der Waals surface area contributed by atoms with Crippen LogP contribution in [0.5, 0.6) is 0 Å². The summed E-state index contributed by atoms with van der Waals surface area (Å²) in [6, 6.07) is 4.10. The lowest BCUT2D eigenvalue weighted by Crippen LogP contribution is -2.37. The minimum atomic E-state index is -0.0167. The third-order valence-electron chi connectivity index (χ3n) is 3.28. The average molecular weight is 312 g/mol. The fraction of sp³-hybridized carbons (Fsp3) is 0.462. The SMILES string of the molecule is Cc1cc(Br)cc2c1N(C(=O)CN)CCCN2C. The van der Waals surface area contributed by atoms with Crippen molar-refractivity contribution in [1.82, 2.24) is 0 Å². The number of benzene rings is 1. The first-order valence-electron chi connectivity index (χ1n) is 6.06. The number of anilines is 2. The number of hydrogen-bond donors (Lipinski definition) is 1. The summed E-state index contributed by atoms with van der Waals surface area (Å²) in [5.41, 5.74) is 8.68. The van der Waals surface area contributed by atoms with Crippen molar-refractivity contribution < 1.29 is 4.79 Å². The zero-order chi connectivity index (χ0) is 13.3.